The molecule has 17 heavy (non-hydrogen) atoms. The van der Waals surface area contributed by atoms with Crippen molar-refractivity contribution in [2.75, 3.05) is 32.4 Å². The largest absolute Gasteiger partial charge is 0.382 e. The third-order valence-corrected chi connectivity index (χ3v) is 3.14. The Morgan fingerprint density at radius 3 is 2.76 bits per heavy atom. The number of nitrogens with zero attached hydrogens (tertiary/aromatic N) is 4. The molecule has 0 bridgehead atoms. The molecule has 1 amide bonds. The average molecular weight is 235 g/mol. The summed E-state index contributed by atoms with van der Waals surface area (Å²) >= 11 is 0. The Balaban J connectivity index is 2.08. The van der Waals surface area contributed by atoms with E-state index in [1.54, 1.807) is 0 Å². The maximum Gasteiger partial charge on any atom is 0.274 e. The molecule has 1 atom stereocenters. The van der Waals surface area contributed by atoms with Gasteiger partial charge in [0.15, 0.2) is 0 Å². The van der Waals surface area contributed by atoms with Gasteiger partial charge in [0.1, 0.15) is 11.5 Å². The van der Waals surface area contributed by atoms with E-state index in [-0.39, 0.29) is 5.91 Å². The lowest BCUT2D eigenvalue weighted by Gasteiger charge is -2.37. The van der Waals surface area contributed by atoms with Gasteiger partial charge >= 0.3 is 0 Å². The highest BCUT2D eigenvalue weighted by Gasteiger charge is 2.25. The van der Waals surface area contributed by atoms with E-state index in [4.69, 9.17) is 5.73 Å². The Kier molecular flexibility index (Phi) is 3.23. The molecule has 2 N–H and O–H groups in total. The van der Waals surface area contributed by atoms with Crippen molar-refractivity contribution in [2.24, 2.45) is 0 Å². The first kappa shape index (κ1) is 11.8. The standard InChI is InChI=1S/C11H17N5O/c1-8-7-16(4-3-15(8)2)11(17)9-5-14-10(12)6-13-9/h5-6,8H,3-4,7H2,1-2H3,(H2,12,14). The zero-order valence-corrected chi connectivity index (χ0v) is 10.1. The van der Waals surface area contributed by atoms with Gasteiger partial charge in [0.2, 0.25) is 0 Å². The maximum absolute atomic E-state index is 12.1. The maximum atomic E-state index is 12.1. The van der Waals surface area contributed by atoms with Crippen LogP contribution in [-0.2, 0) is 0 Å². The van der Waals surface area contributed by atoms with Crippen molar-refractivity contribution in [3.63, 3.8) is 0 Å². The molecule has 1 unspecified atom stereocenters. The van der Waals surface area contributed by atoms with Gasteiger partial charge in [0, 0.05) is 25.7 Å². The summed E-state index contributed by atoms with van der Waals surface area (Å²) in [5.41, 5.74) is 5.80. The molecule has 6 heteroatoms. The number of aromatic nitrogens is 2. The molecule has 0 radical (unpaired) electrons. The van der Waals surface area contributed by atoms with Crippen molar-refractivity contribution < 1.29 is 4.79 Å². The molecule has 0 aliphatic carbocycles. The molecule has 2 heterocycles. The Bertz CT molecular complexity index is 405. The van der Waals surface area contributed by atoms with Gasteiger partial charge in [-0.3, -0.25) is 4.79 Å². The van der Waals surface area contributed by atoms with Crippen LogP contribution in [0.25, 0.3) is 0 Å². The van der Waals surface area contributed by atoms with E-state index in [2.05, 4.69) is 28.8 Å². The first-order valence-electron chi connectivity index (χ1n) is 5.65. The fourth-order valence-corrected chi connectivity index (χ4v) is 1.84. The number of amides is 1. The van der Waals surface area contributed by atoms with Crippen LogP contribution in [0.5, 0.6) is 0 Å². The topological polar surface area (TPSA) is 75.3 Å². The van der Waals surface area contributed by atoms with Crippen LogP contribution in [0.4, 0.5) is 5.82 Å². The highest BCUT2D eigenvalue weighted by atomic mass is 16.2. The summed E-state index contributed by atoms with van der Waals surface area (Å²) in [5.74, 6) is 0.255. The summed E-state index contributed by atoms with van der Waals surface area (Å²) in [6.07, 6.45) is 2.84. The van der Waals surface area contributed by atoms with Crippen LogP contribution < -0.4 is 5.73 Å². The van der Waals surface area contributed by atoms with E-state index in [1.807, 2.05) is 4.90 Å². The molecule has 1 aliphatic rings. The number of hydrogen-bond acceptors (Lipinski definition) is 5. The predicted molar refractivity (Wildman–Crippen MR) is 64.4 cm³/mol. The van der Waals surface area contributed by atoms with E-state index < -0.39 is 0 Å². The molecule has 1 saturated heterocycles. The summed E-state index contributed by atoms with van der Waals surface area (Å²) in [6.45, 7) is 4.44. The highest BCUT2D eigenvalue weighted by molar-refractivity contribution is 5.92. The third-order valence-electron chi connectivity index (χ3n) is 3.14. The van der Waals surface area contributed by atoms with Gasteiger partial charge in [0.05, 0.1) is 12.4 Å². The minimum atomic E-state index is -0.0718. The van der Waals surface area contributed by atoms with Gasteiger partial charge in [-0.2, -0.15) is 0 Å². The predicted octanol–water partition coefficient (Wildman–Crippen LogP) is -0.165. The molecule has 1 fully saturated rings. The van der Waals surface area contributed by atoms with Gasteiger partial charge in [-0.25, -0.2) is 9.97 Å². The number of nitrogen functional groups attached to an aromatic ring is 1. The summed E-state index contributed by atoms with van der Waals surface area (Å²) in [4.78, 5) is 24.1. The van der Waals surface area contributed by atoms with Gasteiger partial charge < -0.3 is 15.5 Å². The summed E-state index contributed by atoms with van der Waals surface area (Å²) < 4.78 is 0. The molecule has 1 aromatic rings. The van der Waals surface area contributed by atoms with E-state index in [0.717, 1.165) is 19.6 Å². The smallest absolute Gasteiger partial charge is 0.274 e. The van der Waals surface area contributed by atoms with Crippen LogP contribution in [0.15, 0.2) is 12.4 Å². The van der Waals surface area contributed by atoms with Crippen LogP contribution in [0.1, 0.15) is 17.4 Å². The Labute approximate surface area is 100 Å². The van der Waals surface area contributed by atoms with Crippen LogP contribution >= 0.6 is 0 Å². The van der Waals surface area contributed by atoms with Crippen molar-refractivity contribution >= 4 is 11.7 Å². The van der Waals surface area contributed by atoms with Crippen LogP contribution in [-0.4, -0.2) is 58.4 Å². The molecule has 6 nitrogen and oxygen atoms in total. The fourth-order valence-electron chi connectivity index (χ4n) is 1.84. The number of nitrogens with two attached hydrogens (primary N) is 1. The number of rotatable bonds is 1. The highest BCUT2D eigenvalue weighted by Crippen LogP contribution is 2.10. The van der Waals surface area contributed by atoms with Gasteiger partial charge in [-0.15, -0.1) is 0 Å². The lowest BCUT2D eigenvalue weighted by atomic mass is 10.2. The van der Waals surface area contributed by atoms with Crippen molar-refractivity contribution in [2.45, 2.75) is 13.0 Å². The number of piperazine rings is 1. The Morgan fingerprint density at radius 2 is 2.18 bits per heavy atom. The minimum absolute atomic E-state index is 0.0718. The number of carbonyl (C=O) groups is 1. The van der Waals surface area contributed by atoms with E-state index in [9.17, 15) is 4.79 Å². The average Bonchev–Trinajstić information content (AvgIpc) is 2.33. The molecule has 1 aliphatic heterocycles. The summed E-state index contributed by atoms with van der Waals surface area (Å²) in [5, 5.41) is 0. The molecular weight excluding hydrogens is 218 g/mol. The second kappa shape index (κ2) is 4.67. The summed E-state index contributed by atoms with van der Waals surface area (Å²) in [6, 6.07) is 0.370. The minimum Gasteiger partial charge on any atom is -0.382 e. The van der Waals surface area contributed by atoms with Gasteiger partial charge in [-0.05, 0) is 14.0 Å². The molecule has 2 rings (SSSR count). The van der Waals surface area contributed by atoms with Gasteiger partial charge in [-0.1, -0.05) is 0 Å². The third kappa shape index (κ3) is 2.52. The molecule has 0 aromatic carbocycles. The first-order chi connectivity index (χ1) is 8.08. The van der Waals surface area contributed by atoms with Crippen LogP contribution in [0.3, 0.4) is 0 Å². The quantitative estimate of drug-likeness (QED) is 0.731. The van der Waals surface area contributed by atoms with E-state index in [1.165, 1.54) is 12.4 Å². The monoisotopic (exact) mass is 235 g/mol. The lowest BCUT2D eigenvalue weighted by Crippen LogP contribution is -2.52. The number of anilines is 1. The molecular formula is C11H17N5O. The number of likely N-dealkylation sites (N-methyl/N-ethyl adjacent to an activating group) is 1. The van der Waals surface area contributed by atoms with E-state index >= 15 is 0 Å². The number of hydrogen-bond donors (Lipinski definition) is 1. The number of carbonyl (C=O) groups excluding carboxylic acids is 1. The first-order valence-corrected chi connectivity index (χ1v) is 5.65. The van der Waals surface area contributed by atoms with E-state index in [0.29, 0.717) is 17.6 Å². The molecule has 92 valence electrons. The zero-order valence-electron chi connectivity index (χ0n) is 10.1. The lowest BCUT2D eigenvalue weighted by molar-refractivity contribution is 0.0566. The zero-order chi connectivity index (χ0) is 12.4. The van der Waals surface area contributed by atoms with Crippen molar-refractivity contribution in [1.82, 2.24) is 19.8 Å². The van der Waals surface area contributed by atoms with Crippen molar-refractivity contribution in [3.05, 3.63) is 18.1 Å². The fraction of sp³-hybridized carbons (Fsp3) is 0.545. The molecule has 1 aromatic heterocycles. The Morgan fingerprint density at radius 1 is 1.41 bits per heavy atom. The second-order valence-electron chi connectivity index (χ2n) is 4.41. The van der Waals surface area contributed by atoms with Crippen LogP contribution in [0.2, 0.25) is 0 Å². The summed E-state index contributed by atoms with van der Waals surface area (Å²) in [7, 11) is 2.06. The molecule has 0 spiro atoms. The normalized spacial score (nSPS) is 21.5. The second-order valence-corrected chi connectivity index (χ2v) is 4.41. The molecule has 0 saturated carbocycles. The van der Waals surface area contributed by atoms with Crippen molar-refractivity contribution in [1.29, 1.82) is 0 Å². The SMILES string of the molecule is CC1CN(C(=O)c2cnc(N)cn2)CCN1C. The van der Waals surface area contributed by atoms with Crippen molar-refractivity contribution in [3.8, 4) is 0 Å². The van der Waals surface area contributed by atoms with Crippen LogP contribution in [0, 0.1) is 0 Å². The Hall–Kier alpha value is -1.69. The van der Waals surface area contributed by atoms with Gasteiger partial charge in [0.25, 0.3) is 5.91 Å².